The van der Waals surface area contributed by atoms with E-state index in [1.165, 1.54) is 25.3 Å². The van der Waals surface area contributed by atoms with E-state index in [-0.39, 0.29) is 33.1 Å². The van der Waals surface area contributed by atoms with E-state index in [4.69, 9.17) is 25.2 Å². The fraction of sp³-hybridized carbons (Fsp3) is 0.0435. The van der Waals surface area contributed by atoms with Gasteiger partial charge in [-0.3, -0.25) is 0 Å². The van der Waals surface area contributed by atoms with Crippen LogP contribution in [0.5, 0.6) is 5.75 Å². The Kier molecular flexibility index (Phi) is 6.71. The van der Waals surface area contributed by atoms with Crippen LogP contribution in [0, 0.1) is 0 Å². The zero-order chi connectivity index (χ0) is 24.2. The maximum absolute atomic E-state index is 11.8. The third-order valence-electron chi connectivity index (χ3n) is 4.53. The first-order chi connectivity index (χ1) is 16.4. The molecular weight excluding hydrogens is 484 g/mol. The largest absolute Gasteiger partial charge is 0.496 e. The minimum Gasteiger partial charge on any atom is -0.496 e. The van der Waals surface area contributed by atoms with E-state index < -0.39 is 11.9 Å². The van der Waals surface area contributed by atoms with Gasteiger partial charge in [-0.1, -0.05) is 29.8 Å². The quantitative estimate of drug-likeness (QED) is 0.234. The Hall–Kier alpha value is -4.02. The number of nitrogens with zero attached hydrogens (tertiary/aromatic N) is 2. The number of methoxy groups -OCH3 is 1. The van der Waals surface area contributed by atoms with Crippen molar-refractivity contribution < 1.29 is 33.4 Å². The van der Waals surface area contributed by atoms with Crippen LogP contribution in [0.3, 0.4) is 0 Å². The van der Waals surface area contributed by atoms with Gasteiger partial charge in [0.2, 0.25) is 0 Å². The number of hydrogen-bond acceptors (Lipinski definition) is 8. The van der Waals surface area contributed by atoms with Crippen LogP contribution in [0.2, 0.25) is 5.02 Å². The Balaban J connectivity index is 1.61. The number of aromatic carboxylic acids is 1. The lowest BCUT2D eigenvalue weighted by Gasteiger charge is -2.04. The molecule has 2 aromatic heterocycles. The van der Waals surface area contributed by atoms with Crippen molar-refractivity contribution in [1.29, 1.82) is 0 Å². The highest BCUT2D eigenvalue weighted by atomic mass is 35.5. The molecular formula is C23H15ClN2O7S. The van der Waals surface area contributed by atoms with Crippen LogP contribution >= 0.6 is 23.4 Å². The lowest BCUT2D eigenvalue weighted by Crippen LogP contribution is -1.98. The van der Waals surface area contributed by atoms with Crippen molar-refractivity contribution in [2.45, 2.75) is 5.22 Å². The lowest BCUT2D eigenvalue weighted by atomic mass is 10.1. The number of ether oxygens (including phenoxy) is 1. The Morgan fingerprint density at radius 2 is 1.82 bits per heavy atom. The molecule has 2 aromatic carbocycles. The molecule has 0 saturated carbocycles. The zero-order valence-corrected chi connectivity index (χ0v) is 19.0. The first kappa shape index (κ1) is 23.1. The number of aromatic nitrogens is 2. The molecule has 0 spiro atoms. The molecule has 4 rings (SSSR count). The van der Waals surface area contributed by atoms with Gasteiger partial charge in [0.15, 0.2) is 0 Å². The van der Waals surface area contributed by atoms with Gasteiger partial charge in [0.1, 0.15) is 22.2 Å². The highest BCUT2D eigenvalue weighted by Crippen LogP contribution is 2.35. The zero-order valence-electron chi connectivity index (χ0n) is 17.4. The summed E-state index contributed by atoms with van der Waals surface area (Å²) in [6.45, 7) is 0. The number of thioether (sulfide) groups is 1. The molecule has 2 heterocycles. The van der Waals surface area contributed by atoms with Crippen molar-refractivity contribution in [2.24, 2.45) is 0 Å². The summed E-state index contributed by atoms with van der Waals surface area (Å²) < 4.78 is 16.6. The van der Waals surface area contributed by atoms with E-state index in [0.29, 0.717) is 21.9 Å². The first-order valence-electron chi connectivity index (χ1n) is 9.58. The molecule has 0 amide bonds. The summed E-state index contributed by atoms with van der Waals surface area (Å²) in [5, 5.41) is 27.3. The van der Waals surface area contributed by atoms with Crippen molar-refractivity contribution in [3.05, 3.63) is 75.8 Å². The minimum atomic E-state index is -1.24. The molecule has 11 heteroatoms. The van der Waals surface area contributed by atoms with Crippen molar-refractivity contribution in [3.63, 3.8) is 0 Å². The molecule has 2 N–H and O–H groups in total. The lowest BCUT2D eigenvalue weighted by molar-refractivity contribution is -0.131. The average Bonchev–Trinajstić information content (AvgIpc) is 3.48. The third-order valence-corrected chi connectivity index (χ3v) is 5.62. The van der Waals surface area contributed by atoms with Crippen LogP contribution in [0.4, 0.5) is 0 Å². The van der Waals surface area contributed by atoms with Crippen molar-refractivity contribution in [3.8, 4) is 28.5 Å². The number of carboxylic acids is 2. The molecule has 0 unspecified atom stereocenters. The first-order valence-corrected chi connectivity index (χ1v) is 10.8. The van der Waals surface area contributed by atoms with Crippen LogP contribution in [0.1, 0.15) is 16.1 Å². The predicted octanol–water partition coefficient (Wildman–Crippen LogP) is 5.57. The van der Waals surface area contributed by atoms with Crippen LogP contribution in [0.15, 0.2) is 73.6 Å². The maximum Gasteiger partial charge on any atom is 0.342 e. The van der Waals surface area contributed by atoms with E-state index in [9.17, 15) is 19.8 Å². The van der Waals surface area contributed by atoms with E-state index in [1.807, 2.05) is 0 Å². The fourth-order valence-corrected chi connectivity index (χ4v) is 3.85. The van der Waals surface area contributed by atoms with Crippen LogP contribution < -0.4 is 4.74 Å². The number of halogens is 1. The van der Waals surface area contributed by atoms with Gasteiger partial charge in [-0.05, 0) is 48.2 Å². The smallest absolute Gasteiger partial charge is 0.342 e. The second-order valence-corrected chi connectivity index (χ2v) is 8.12. The van der Waals surface area contributed by atoms with E-state index >= 15 is 0 Å². The second-order valence-electron chi connectivity index (χ2n) is 6.69. The van der Waals surface area contributed by atoms with E-state index in [2.05, 4.69) is 10.2 Å². The van der Waals surface area contributed by atoms with Gasteiger partial charge in [-0.15, -0.1) is 10.2 Å². The molecule has 9 nitrogen and oxygen atoms in total. The number of furan rings is 1. The average molecular weight is 499 g/mol. The summed E-state index contributed by atoms with van der Waals surface area (Å²) >= 11 is 6.77. The fourth-order valence-electron chi connectivity index (χ4n) is 3.02. The van der Waals surface area contributed by atoms with E-state index in [0.717, 1.165) is 11.8 Å². The van der Waals surface area contributed by atoms with Crippen molar-refractivity contribution >= 4 is 41.4 Å². The summed E-state index contributed by atoms with van der Waals surface area (Å²) in [7, 11) is 1.48. The second kappa shape index (κ2) is 9.86. The van der Waals surface area contributed by atoms with Gasteiger partial charge >= 0.3 is 11.9 Å². The molecule has 34 heavy (non-hydrogen) atoms. The number of aliphatic carboxylic acids is 1. The topological polar surface area (TPSA) is 136 Å². The van der Waals surface area contributed by atoms with Crippen LogP contribution in [-0.4, -0.2) is 39.5 Å². The molecule has 0 fully saturated rings. The number of carboxylic acid groups (broad SMARTS) is 2. The van der Waals surface area contributed by atoms with Gasteiger partial charge in [0.05, 0.1) is 18.2 Å². The Morgan fingerprint density at radius 1 is 1.03 bits per heavy atom. The number of carbonyl (C=O) groups is 2. The third kappa shape index (κ3) is 4.98. The van der Waals surface area contributed by atoms with E-state index in [1.54, 1.807) is 42.5 Å². The maximum atomic E-state index is 11.8. The molecule has 0 aliphatic rings. The van der Waals surface area contributed by atoms with Gasteiger partial charge in [0.25, 0.3) is 11.1 Å². The van der Waals surface area contributed by atoms with Crippen molar-refractivity contribution in [2.75, 3.05) is 7.11 Å². The normalized spacial score (nSPS) is 11.4. The standard InChI is InChI=1S/C23H15ClN2O7S/c1-31-17-8-6-12(24)10-16(17)20-25-26-23(33-20)34-19(22(29)30)11-13-7-9-18(32-13)14-4-2-3-5-15(14)21(27)28/h2-11H,1H3,(H,27,28)(H,29,30)/b19-11-. The van der Waals surface area contributed by atoms with Gasteiger partial charge in [-0.25, -0.2) is 9.59 Å². The van der Waals surface area contributed by atoms with Gasteiger partial charge < -0.3 is 23.8 Å². The minimum absolute atomic E-state index is 0.0197. The monoisotopic (exact) mass is 498 g/mol. The molecule has 0 bridgehead atoms. The number of hydrogen-bond donors (Lipinski definition) is 2. The summed E-state index contributed by atoms with van der Waals surface area (Å²) in [5.41, 5.74) is 0.897. The molecule has 4 aromatic rings. The predicted molar refractivity (Wildman–Crippen MR) is 124 cm³/mol. The summed E-state index contributed by atoms with van der Waals surface area (Å²) in [6, 6.07) is 14.3. The summed E-state index contributed by atoms with van der Waals surface area (Å²) in [5.74, 6) is -1.28. The molecule has 0 radical (unpaired) electrons. The molecule has 172 valence electrons. The Labute approximate surface area is 201 Å². The van der Waals surface area contributed by atoms with Gasteiger partial charge in [0, 0.05) is 16.7 Å². The van der Waals surface area contributed by atoms with Crippen molar-refractivity contribution in [1.82, 2.24) is 10.2 Å². The van der Waals surface area contributed by atoms with Gasteiger partial charge in [-0.2, -0.15) is 0 Å². The Morgan fingerprint density at radius 3 is 2.56 bits per heavy atom. The summed E-state index contributed by atoms with van der Waals surface area (Å²) in [4.78, 5) is 23.1. The number of benzene rings is 2. The summed E-state index contributed by atoms with van der Waals surface area (Å²) in [6.07, 6.45) is 1.28. The molecule has 0 aliphatic carbocycles. The molecule has 0 saturated heterocycles. The Bertz CT molecular complexity index is 1410. The highest BCUT2D eigenvalue weighted by molar-refractivity contribution is 8.03. The van der Waals surface area contributed by atoms with Crippen LogP contribution in [0.25, 0.3) is 28.9 Å². The number of rotatable bonds is 8. The molecule has 0 atom stereocenters. The molecule has 0 aliphatic heterocycles. The highest BCUT2D eigenvalue weighted by Gasteiger charge is 2.19. The van der Waals surface area contributed by atoms with Crippen LogP contribution in [-0.2, 0) is 4.79 Å². The SMILES string of the molecule is COc1ccc(Cl)cc1-c1nnc(S/C(=C\c2ccc(-c3ccccc3C(=O)O)o2)C(=O)O)o1.